The van der Waals surface area contributed by atoms with E-state index in [-0.39, 0.29) is 5.91 Å². The fourth-order valence-electron chi connectivity index (χ4n) is 2.56. The molecule has 19 heavy (non-hydrogen) atoms. The average molecular weight is 262 g/mol. The van der Waals surface area contributed by atoms with Gasteiger partial charge in [-0.05, 0) is 37.4 Å². The number of primary amides is 1. The Morgan fingerprint density at radius 3 is 2.74 bits per heavy atom. The molecule has 0 unspecified atom stereocenters. The summed E-state index contributed by atoms with van der Waals surface area (Å²) in [5.41, 5.74) is 6.43. The van der Waals surface area contributed by atoms with E-state index in [1.807, 2.05) is 13.2 Å². The highest BCUT2D eigenvalue weighted by Crippen LogP contribution is 2.23. The minimum Gasteiger partial charge on any atom is -0.370 e. The van der Waals surface area contributed by atoms with Gasteiger partial charge in [-0.1, -0.05) is 6.07 Å². The first-order valence-electron chi connectivity index (χ1n) is 6.82. The van der Waals surface area contributed by atoms with E-state index in [0.717, 1.165) is 38.3 Å². The lowest BCUT2D eigenvalue weighted by molar-refractivity contribution is -0.119. The smallest absolute Gasteiger partial charge is 0.217 e. The quantitative estimate of drug-likeness (QED) is 0.827. The number of nitrogens with two attached hydrogens (primary N) is 1. The van der Waals surface area contributed by atoms with Crippen LogP contribution in [-0.2, 0) is 11.3 Å². The molecule has 0 aromatic carbocycles. The molecule has 1 saturated heterocycles. The van der Waals surface area contributed by atoms with Crippen LogP contribution in [0.5, 0.6) is 0 Å². The van der Waals surface area contributed by atoms with E-state index in [2.05, 4.69) is 27.3 Å². The largest absolute Gasteiger partial charge is 0.370 e. The predicted molar refractivity (Wildman–Crippen MR) is 75.7 cm³/mol. The van der Waals surface area contributed by atoms with Gasteiger partial charge in [-0.25, -0.2) is 4.98 Å². The summed E-state index contributed by atoms with van der Waals surface area (Å²) >= 11 is 0. The zero-order valence-corrected chi connectivity index (χ0v) is 11.4. The number of pyridine rings is 1. The minimum absolute atomic E-state index is 0.187. The molecule has 0 aliphatic carbocycles. The molecule has 1 fully saturated rings. The van der Waals surface area contributed by atoms with Gasteiger partial charge in [-0.15, -0.1) is 0 Å². The van der Waals surface area contributed by atoms with Crippen LogP contribution in [0.25, 0.3) is 0 Å². The Morgan fingerprint density at radius 2 is 2.21 bits per heavy atom. The number of carbonyl (C=O) groups excluding carboxylic acids is 1. The van der Waals surface area contributed by atoms with Gasteiger partial charge in [-0.3, -0.25) is 4.79 Å². The molecule has 104 valence electrons. The minimum atomic E-state index is -0.187. The summed E-state index contributed by atoms with van der Waals surface area (Å²) in [6, 6.07) is 4.18. The van der Waals surface area contributed by atoms with Gasteiger partial charge >= 0.3 is 0 Å². The molecule has 0 spiro atoms. The van der Waals surface area contributed by atoms with E-state index >= 15 is 0 Å². The summed E-state index contributed by atoms with van der Waals surface area (Å²) in [6.07, 6.45) is 4.47. The van der Waals surface area contributed by atoms with Crippen LogP contribution in [0.15, 0.2) is 18.3 Å². The van der Waals surface area contributed by atoms with Crippen LogP contribution in [0.4, 0.5) is 5.82 Å². The zero-order chi connectivity index (χ0) is 13.7. The highest BCUT2D eigenvalue weighted by Gasteiger charge is 2.21. The second-order valence-corrected chi connectivity index (χ2v) is 5.16. The molecule has 1 amide bonds. The van der Waals surface area contributed by atoms with E-state index in [4.69, 9.17) is 5.73 Å². The number of nitrogens with one attached hydrogen (secondary N) is 1. The van der Waals surface area contributed by atoms with Crippen LogP contribution in [0, 0.1) is 5.92 Å². The van der Waals surface area contributed by atoms with Gasteiger partial charge in [0.25, 0.3) is 0 Å². The number of rotatable bonds is 5. The molecule has 2 heterocycles. The molecule has 0 bridgehead atoms. The topological polar surface area (TPSA) is 71.2 Å². The summed E-state index contributed by atoms with van der Waals surface area (Å²) < 4.78 is 0. The summed E-state index contributed by atoms with van der Waals surface area (Å²) in [5, 5.41) is 3.11. The van der Waals surface area contributed by atoms with Crippen molar-refractivity contribution < 1.29 is 4.79 Å². The molecule has 5 nitrogen and oxygen atoms in total. The van der Waals surface area contributed by atoms with E-state index in [1.54, 1.807) is 0 Å². The third-order valence-corrected chi connectivity index (χ3v) is 3.62. The zero-order valence-electron chi connectivity index (χ0n) is 11.4. The first-order valence-corrected chi connectivity index (χ1v) is 6.82. The molecule has 1 aliphatic rings. The first kappa shape index (κ1) is 13.8. The van der Waals surface area contributed by atoms with E-state index in [1.165, 1.54) is 5.56 Å². The van der Waals surface area contributed by atoms with Crippen molar-refractivity contribution in [1.82, 2.24) is 10.3 Å². The summed E-state index contributed by atoms with van der Waals surface area (Å²) in [4.78, 5) is 17.7. The van der Waals surface area contributed by atoms with Crippen LogP contribution in [0.1, 0.15) is 24.8 Å². The molecule has 2 rings (SSSR count). The van der Waals surface area contributed by atoms with Crippen LogP contribution >= 0.6 is 0 Å². The van der Waals surface area contributed by atoms with Crippen molar-refractivity contribution in [2.75, 3.05) is 25.0 Å². The molecule has 1 aromatic heterocycles. The summed E-state index contributed by atoms with van der Waals surface area (Å²) in [7, 11) is 1.93. The first-order chi connectivity index (χ1) is 9.19. The van der Waals surface area contributed by atoms with Gasteiger partial charge < -0.3 is 16.0 Å². The third kappa shape index (κ3) is 3.92. The lowest BCUT2D eigenvalue weighted by Crippen LogP contribution is -2.35. The van der Waals surface area contributed by atoms with Gasteiger partial charge in [-0.2, -0.15) is 0 Å². The number of piperidine rings is 1. The molecule has 1 aromatic rings. The Labute approximate surface area is 114 Å². The molecule has 1 aliphatic heterocycles. The Bertz CT molecular complexity index is 410. The average Bonchev–Trinajstić information content (AvgIpc) is 2.40. The monoisotopic (exact) mass is 262 g/mol. The number of hydrogen-bond acceptors (Lipinski definition) is 4. The van der Waals surface area contributed by atoms with Crippen molar-refractivity contribution in [3.63, 3.8) is 0 Å². The van der Waals surface area contributed by atoms with Gasteiger partial charge in [0.05, 0.1) is 0 Å². The maximum absolute atomic E-state index is 10.9. The molecular formula is C14H22N4O. The lowest BCUT2D eigenvalue weighted by Gasteiger charge is -2.32. The highest BCUT2D eigenvalue weighted by atomic mass is 16.1. The fourth-order valence-corrected chi connectivity index (χ4v) is 2.56. The number of anilines is 1. The molecule has 5 heteroatoms. The number of aromatic nitrogens is 1. The van der Waals surface area contributed by atoms with Crippen molar-refractivity contribution in [1.29, 1.82) is 0 Å². The SMILES string of the molecule is CNCc1ccc(N2CCC(CC(N)=O)CC2)nc1. The Balaban J connectivity index is 1.88. The lowest BCUT2D eigenvalue weighted by atomic mass is 9.93. The maximum atomic E-state index is 10.9. The summed E-state index contributed by atoms with van der Waals surface area (Å²) in [5.74, 6) is 1.28. The second-order valence-electron chi connectivity index (χ2n) is 5.16. The van der Waals surface area contributed by atoms with Crippen LogP contribution in [0.2, 0.25) is 0 Å². The fraction of sp³-hybridized carbons (Fsp3) is 0.571. The second kappa shape index (κ2) is 6.52. The highest BCUT2D eigenvalue weighted by molar-refractivity contribution is 5.74. The number of amides is 1. The standard InChI is InChI=1S/C14H22N4O/c1-16-9-12-2-3-14(17-10-12)18-6-4-11(5-7-18)8-13(15)19/h2-3,10-11,16H,4-9H2,1H3,(H2,15,19). The Hall–Kier alpha value is -1.62. The van der Waals surface area contributed by atoms with Gasteiger partial charge in [0.2, 0.25) is 5.91 Å². The number of nitrogens with zero attached hydrogens (tertiary/aromatic N) is 2. The molecule has 0 radical (unpaired) electrons. The Kier molecular flexibility index (Phi) is 4.74. The molecule has 3 N–H and O–H groups in total. The Morgan fingerprint density at radius 1 is 1.47 bits per heavy atom. The van der Waals surface area contributed by atoms with Crippen molar-refractivity contribution in [3.05, 3.63) is 23.9 Å². The summed E-state index contributed by atoms with van der Waals surface area (Å²) in [6.45, 7) is 2.75. The van der Waals surface area contributed by atoms with Gasteiger partial charge in [0.1, 0.15) is 5.82 Å². The van der Waals surface area contributed by atoms with Crippen LogP contribution < -0.4 is 16.0 Å². The number of hydrogen-bond donors (Lipinski definition) is 2. The van der Waals surface area contributed by atoms with Gasteiger partial charge in [0.15, 0.2) is 0 Å². The van der Waals surface area contributed by atoms with Crippen molar-refractivity contribution >= 4 is 11.7 Å². The normalized spacial score (nSPS) is 16.6. The number of carbonyl (C=O) groups is 1. The van der Waals surface area contributed by atoms with Gasteiger partial charge in [0, 0.05) is 32.3 Å². The van der Waals surface area contributed by atoms with Crippen LogP contribution in [0.3, 0.4) is 0 Å². The van der Waals surface area contributed by atoms with Crippen molar-refractivity contribution in [2.45, 2.75) is 25.8 Å². The molecular weight excluding hydrogens is 240 g/mol. The maximum Gasteiger partial charge on any atom is 0.217 e. The van der Waals surface area contributed by atoms with Crippen LogP contribution in [-0.4, -0.2) is 31.0 Å². The molecule has 0 saturated carbocycles. The van der Waals surface area contributed by atoms with E-state index in [9.17, 15) is 4.79 Å². The van der Waals surface area contributed by atoms with Crippen molar-refractivity contribution in [2.24, 2.45) is 11.7 Å². The third-order valence-electron chi connectivity index (χ3n) is 3.62. The van der Waals surface area contributed by atoms with Crippen molar-refractivity contribution in [3.8, 4) is 0 Å². The predicted octanol–water partition coefficient (Wildman–Crippen LogP) is 0.893. The van der Waals surface area contributed by atoms with E-state index < -0.39 is 0 Å². The molecule has 0 atom stereocenters. The van der Waals surface area contributed by atoms with E-state index in [0.29, 0.717) is 12.3 Å².